The average Bonchev–Trinajstić information content (AvgIpc) is 2.91. The Labute approximate surface area is 155 Å². The quantitative estimate of drug-likeness (QED) is 0.807. The van der Waals surface area contributed by atoms with Crippen molar-refractivity contribution in [2.45, 2.75) is 58.1 Å². The van der Waals surface area contributed by atoms with Crippen molar-refractivity contribution in [2.24, 2.45) is 0 Å². The van der Waals surface area contributed by atoms with Crippen LogP contribution >= 0.6 is 0 Å². The van der Waals surface area contributed by atoms with Gasteiger partial charge in [0.05, 0.1) is 5.54 Å². The topological polar surface area (TPSA) is 64.3 Å². The molecule has 138 valence electrons. The molecule has 0 saturated heterocycles. The lowest BCUT2D eigenvalue weighted by molar-refractivity contribution is 0.0455. The van der Waals surface area contributed by atoms with E-state index in [2.05, 4.69) is 30.4 Å². The summed E-state index contributed by atoms with van der Waals surface area (Å²) in [5.74, 6) is 0. The van der Waals surface area contributed by atoms with Crippen LogP contribution in [-0.4, -0.2) is 11.7 Å². The molecule has 3 rings (SSSR count). The molecule has 2 aromatic carbocycles. The van der Waals surface area contributed by atoms with E-state index >= 15 is 0 Å². The van der Waals surface area contributed by atoms with Gasteiger partial charge in [0, 0.05) is 18.5 Å². The number of aryl methyl sites for hydroxylation is 1. The van der Waals surface area contributed by atoms with E-state index in [-0.39, 0.29) is 0 Å². The summed E-state index contributed by atoms with van der Waals surface area (Å²) in [7, 11) is 0. The van der Waals surface area contributed by atoms with E-state index in [9.17, 15) is 4.79 Å². The first-order valence-electron chi connectivity index (χ1n) is 9.19. The number of amides is 1. The van der Waals surface area contributed by atoms with Gasteiger partial charge in [-0.05, 0) is 61.6 Å². The minimum atomic E-state index is -0.542. The van der Waals surface area contributed by atoms with E-state index in [0.29, 0.717) is 5.69 Å². The van der Waals surface area contributed by atoms with Crippen LogP contribution < -0.4 is 11.1 Å². The third-order valence-corrected chi connectivity index (χ3v) is 4.87. The van der Waals surface area contributed by atoms with Crippen molar-refractivity contribution in [1.29, 1.82) is 0 Å². The number of anilines is 1. The zero-order valence-corrected chi connectivity index (χ0v) is 16.1. The van der Waals surface area contributed by atoms with Gasteiger partial charge in [-0.25, -0.2) is 4.79 Å². The number of alkyl carbamates (subject to hydrolysis) is 1. The zero-order chi connectivity index (χ0) is 18.9. The summed E-state index contributed by atoms with van der Waals surface area (Å²) in [6.07, 6.45) is 1.95. The number of hydrogen-bond donors (Lipinski definition) is 2. The number of carbonyl (C=O) groups is 1. The first kappa shape index (κ1) is 18.3. The molecule has 0 saturated carbocycles. The summed E-state index contributed by atoms with van der Waals surface area (Å²) in [5.41, 5.74) is 10.5. The Hall–Kier alpha value is -2.49. The predicted octanol–water partition coefficient (Wildman–Crippen LogP) is 4.35. The van der Waals surface area contributed by atoms with E-state index in [1.807, 2.05) is 45.0 Å². The highest BCUT2D eigenvalue weighted by molar-refractivity contribution is 5.70. The van der Waals surface area contributed by atoms with Crippen LogP contribution in [0.4, 0.5) is 10.5 Å². The molecule has 0 aliphatic heterocycles. The molecule has 26 heavy (non-hydrogen) atoms. The Morgan fingerprint density at radius 2 is 1.77 bits per heavy atom. The van der Waals surface area contributed by atoms with Gasteiger partial charge in [0.25, 0.3) is 0 Å². The Morgan fingerprint density at radius 1 is 1.15 bits per heavy atom. The number of fused-ring (bicyclic) bond motifs is 1. The van der Waals surface area contributed by atoms with Gasteiger partial charge in [-0.15, -0.1) is 0 Å². The first-order chi connectivity index (χ1) is 12.2. The normalized spacial score (nSPS) is 15.4. The summed E-state index contributed by atoms with van der Waals surface area (Å²) < 4.78 is 5.57. The van der Waals surface area contributed by atoms with Crippen LogP contribution in [0.15, 0.2) is 42.5 Å². The van der Waals surface area contributed by atoms with Crippen molar-refractivity contribution in [3.8, 4) is 0 Å². The van der Waals surface area contributed by atoms with Crippen LogP contribution in [0.3, 0.4) is 0 Å². The van der Waals surface area contributed by atoms with Gasteiger partial charge in [-0.3, -0.25) is 0 Å². The fraction of sp³-hybridized carbons (Fsp3) is 0.409. The number of ether oxygens (including phenoxy) is 1. The molecule has 0 spiro atoms. The van der Waals surface area contributed by atoms with Crippen molar-refractivity contribution >= 4 is 11.8 Å². The van der Waals surface area contributed by atoms with Crippen LogP contribution in [0.5, 0.6) is 0 Å². The second-order valence-electron chi connectivity index (χ2n) is 8.10. The Bertz CT molecular complexity index is 796. The minimum Gasteiger partial charge on any atom is -0.444 e. The van der Waals surface area contributed by atoms with E-state index in [1.165, 1.54) is 16.7 Å². The third kappa shape index (κ3) is 3.69. The number of nitrogens with two attached hydrogens (primary N) is 1. The first-order valence-corrected chi connectivity index (χ1v) is 9.19. The molecule has 0 fully saturated rings. The van der Waals surface area contributed by atoms with Crippen LogP contribution in [0, 0.1) is 0 Å². The number of carbonyl (C=O) groups excluding carboxylic acids is 1. The van der Waals surface area contributed by atoms with Crippen molar-refractivity contribution in [3.05, 3.63) is 64.7 Å². The maximum absolute atomic E-state index is 12.7. The number of benzene rings is 2. The molecule has 4 nitrogen and oxygen atoms in total. The van der Waals surface area contributed by atoms with E-state index in [1.54, 1.807) is 0 Å². The molecule has 3 N–H and O–H groups in total. The van der Waals surface area contributed by atoms with E-state index in [4.69, 9.17) is 10.5 Å². The molecule has 1 aliphatic carbocycles. The maximum Gasteiger partial charge on any atom is 0.408 e. The molecule has 2 aromatic rings. The molecular formula is C22H28N2O2. The SMILES string of the molecule is CCc1ccc(N)cc1C1(NC(=O)OC(C)(C)C)Cc2ccccc2C1. The summed E-state index contributed by atoms with van der Waals surface area (Å²) in [5, 5.41) is 3.20. The summed E-state index contributed by atoms with van der Waals surface area (Å²) in [6.45, 7) is 7.75. The van der Waals surface area contributed by atoms with Crippen LogP contribution in [0.2, 0.25) is 0 Å². The van der Waals surface area contributed by atoms with E-state index in [0.717, 1.165) is 24.8 Å². The lowest BCUT2D eigenvalue weighted by Gasteiger charge is -2.34. The van der Waals surface area contributed by atoms with Gasteiger partial charge in [0.1, 0.15) is 5.60 Å². The van der Waals surface area contributed by atoms with Crippen LogP contribution in [0.25, 0.3) is 0 Å². The standard InChI is InChI=1S/C22H28N2O2/c1-5-15-10-11-18(23)12-19(15)22(24-20(25)26-21(2,3)4)13-16-8-6-7-9-17(16)14-22/h6-12H,5,13-14,23H2,1-4H3,(H,24,25). The lowest BCUT2D eigenvalue weighted by Crippen LogP contribution is -2.49. The van der Waals surface area contributed by atoms with Gasteiger partial charge in [0.2, 0.25) is 0 Å². The maximum atomic E-state index is 12.7. The van der Waals surface area contributed by atoms with Crippen molar-refractivity contribution < 1.29 is 9.53 Å². The van der Waals surface area contributed by atoms with Gasteiger partial charge in [-0.1, -0.05) is 37.3 Å². The highest BCUT2D eigenvalue weighted by Crippen LogP contribution is 2.40. The number of nitrogens with one attached hydrogen (secondary N) is 1. The average molecular weight is 352 g/mol. The van der Waals surface area contributed by atoms with Crippen molar-refractivity contribution in [1.82, 2.24) is 5.32 Å². The van der Waals surface area contributed by atoms with Crippen LogP contribution in [0.1, 0.15) is 49.9 Å². The number of hydrogen-bond acceptors (Lipinski definition) is 3. The highest BCUT2D eigenvalue weighted by atomic mass is 16.6. The van der Waals surface area contributed by atoms with Gasteiger partial charge < -0.3 is 15.8 Å². The fourth-order valence-corrected chi connectivity index (χ4v) is 3.81. The zero-order valence-electron chi connectivity index (χ0n) is 16.1. The van der Waals surface area contributed by atoms with Gasteiger partial charge in [0.15, 0.2) is 0 Å². The summed E-state index contributed by atoms with van der Waals surface area (Å²) in [6, 6.07) is 14.3. The van der Waals surface area contributed by atoms with E-state index < -0.39 is 17.2 Å². The minimum absolute atomic E-state index is 0.394. The second-order valence-corrected chi connectivity index (χ2v) is 8.10. The molecular weight excluding hydrogens is 324 g/mol. The summed E-state index contributed by atoms with van der Waals surface area (Å²) in [4.78, 5) is 12.7. The van der Waals surface area contributed by atoms with Gasteiger partial charge in [-0.2, -0.15) is 0 Å². The lowest BCUT2D eigenvalue weighted by atomic mass is 9.82. The Balaban J connectivity index is 2.04. The molecule has 4 heteroatoms. The predicted molar refractivity (Wildman–Crippen MR) is 105 cm³/mol. The van der Waals surface area contributed by atoms with Gasteiger partial charge >= 0.3 is 6.09 Å². The monoisotopic (exact) mass is 352 g/mol. The largest absolute Gasteiger partial charge is 0.444 e. The Morgan fingerprint density at radius 3 is 2.31 bits per heavy atom. The third-order valence-electron chi connectivity index (χ3n) is 4.87. The number of nitrogen functional groups attached to an aromatic ring is 1. The molecule has 0 unspecified atom stereocenters. The summed E-state index contributed by atoms with van der Waals surface area (Å²) >= 11 is 0. The molecule has 0 aromatic heterocycles. The van der Waals surface area contributed by atoms with Crippen molar-refractivity contribution in [3.63, 3.8) is 0 Å². The fourth-order valence-electron chi connectivity index (χ4n) is 3.81. The number of rotatable bonds is 3. The van der Waals surface area contributed by atoms with Crippen molar-refractivity contribution in [2.75, 3.05) is 5.73 Å². The van der Waals surface area contributed by atoms with Crippen LogP contribution in [-0.2, 0) is 29.5 Å². The highest BCUT2D eigenvalue weighted by Gasteiger charge is 2.42. The molecule has 0 atom stereocenters. The molecule has 1 amide bonds. The molecule has 0 radical (unpaired) electrons. The Kier molecular flexibility index (Phi) is 4.70. The molecule has 0 bridgehead atoms. The smallest absolute Gasteiger partial charge is 0.408 e. The molecule has 0 heterocycles. The second kappa shape index (κ2) is 6.67. The molecule has 1 aliphatic rings.